The first-order valence-corrected chi connectivity index (χ1v) is 18.0. The number of anilines is 1. The molecule has 4 atom stereocenters. The molecule has 0 aliphatic carbocycles. The van der Waals surface area contributed by atoms with E-state index in [1.165, 1.54) is 0 Å². The summed E-state index contributed by atoms with van der Waals surface area (Å²) >= 11 is 0. The van der Waals surface area contributed by atoms with Crippen LogP contribution in [0, 0.1) is 5.92 Å². The molecule has 2 saturated heterocycles. The maximum atomic E-state index is 12.4. The molecular formula is C42H46N6O4. The molecule has 10 nitrogen and oxygen atoms in total. The Bertz CT molecular complexity index is 1870. The first-order chi connectivity index (χ1) is 25.5. The zero-order valence-electron chi connectivity index (χ0n) is 29.5. The van der Waals surface area contributed by atoms with E-state index in [4.69, 9.17) is 9.47 Å². The maximum Gasteiger partial charge on any atom is 0.315 e. The van der Waals surface area contributed by atoms with Crippen molar-refractivity contribution in [2.24, 2.45) is 5.92 Å². The smallest absolute Gasteiger partial charge is 0.315 e. The van der Waals surface area contributed by atoms with Crippen LogP contribution in [0.4, 0.5) is 10.7 Å². The summed E-state index contributed by atoms with van der Waals surface area (Å²) in [6.45, 7) is 7.41. The van der Waals surface area contributed by atoms with Crippen molar-refractivity contribution in [3.05, 3.63) is 149 Å². The zero-order valence-corrected chi connectivity index (χ0v) is 29.5. The molecule has 2 amide bonds. The van der Waals surface area contributed by atoms with E-state index in [1.807, 2.05) is 60.7 Å². The second-order valence-electron chi connectivity index (χ2n) is 13.5. The van der Waals surface area contributed by atoms with Gasteiger partial charge in [-0.3, -0.25) is 4.90 Å². The van der Waals surface area contributed by atoms with Crippen LogP contribution in [0.5, 0.6) is 0 Å². The molecular weight excluding hydrogens is 653 g/mol. The molecule has 7 rings (SSSR count). The molecule has 0 bridgehead atoms. The molecule has 10 heteroatoms. The quantitative estimate of drug-likeness (QED) is 0.149. The van der Waals surface area contributed by atoms with Crippen LogP contribution in [-0.4, -0.2) is 64.8 Å². The third kappa shape index (κ3) is 8.83. The van der Waals surface area contributed by atoms with Crippen molar-refractivity contribution < 1.29 is 19.4 Å². The van der Waals surface area contributed by atoms with E-state index < -0.39 is 6.29 Å². The number of piperazine rings is 1. The molecule has 0 spiro atoms. The maximum absolute atomic E-state index is 12.4. The number of aliphatic hydroxyl groups is 1. The number of rotatable bonds is 11. The van der Waals surface area contributed by atoms with E-state index in [0.29, 0.717) is 13.1 Å². The molecule has 3 heterocycles. The average Bonchev–Trinajstić information content (AvgIpc) is 3.21. The van der Waals surface area contributed by atoms with Crippen molar-refractivity contribution in [3.8, 4) is 11.1 Å². The number of hydrogen-bond acceptors (Lipinski definition) is 8. The van der Waals surface area contributed by atoms with Gasteiger partial charge in [0, 0.05) is 69.7 Å². The lowest BCUT2D eigenvalue weighted by atomic mass is 9.89. The topological polar surface area (TPSA) is 112 Å². The summed E-state index contributed by atoms with van der Waals surface area (Å²) in [6, 6.07) is 36.1. The number of carbonyl (C=O) groups is 1. The minimum absolute atomic E-state index is 0.00553. The van der Waals surface area contributed by atoms with Crippen LogP contribution in [0.2, 0.25) is 0 Å². The van der Waals surface area contributed by atoms with Gasteiger partial charge in [-0.1, -0.05) is 104 Å². The first-order valence-electron chi connectivity index (χ1n) is 18.0. The predicted molar refractivity (Wildman–Crippen MR) is 201 cm³/mol. The highest BCUT2D eigenvalue weighted by molar-refractivity contribution is 5.74. The molecule has 3 N–H and O–H groups in total. The lowest BCUT2D eigenvalue weighted by molar-refractivity contribution is -0.276. The van der Waals surface area contributed by atoms with Crippen molar-refractivity contribution in [1.29, 1.82) is 0 Å². The van der Waals surface area contributed by atoms with Gasteiger partial charge in [-0.2, -0.15) is 0 Å². The highest BCUT2D eigenvalue weighted by atomic mass is 16.7. The summed E-state index contributed by atoms with van der Waals surface area (Å²) in [5, 5.41) is 15.5. The van der Waals surface area contributed by atoms with E-state index in [1.54, 1.807) is 12.4 Å². The summed E-state index contributed by atoms with van der Waals surface area (Å²) in [5.41, 5.74) is 7.10. The number of urea groups is 1. The monoisotopic (exact) mass is 698 g/mol. The van der Waals surface area contributed by atoms with Gasteiger partial charge in [-0.15, -0.1) is 0 Å². The molecule has 2 aliphatic rings. The highest BCUT2D eigenvalue weighted by Crippen LogP contribution is 2.42. The molecule has 0 unspecified atom stereocenters. The van der Waals surface area contributed by atoms with Crippen molar-refractivity contribution in [3.63, 3.8) is 0 Å². The Kier molecular flexibility index (Phi) is 11.5. The Hall–Kier alpha value is -5.13. The third-order valence-corrected chi connectivity index (χ3v) is 9.96. The number of aliphatic hydroxyl groups excluding tert-OH is 1. The van der Waals surface area contributed by atoms with Crippen LogP contribution in [-0.2, 0) is 29.2 Å². The van der Waals surface area contributed by atoms with E-state index in [0.717, 1.165) is 77.6 Å². The standard InChI is InChI=1S/C42H46N6O4/c1-30-38(28-47-21-23-48(24-22-47)41-43-19-6-20-44-41)51-40(52-39(30)35-13-11-32(29-49)12-14-35)36-17-15-34(16-18-36)37-10-5-9-33(25-37)27-46-42(50)45-26-31-7-3-2-4-8-31/h2-20,25,30,38-40,49H,21-24,26-29H2,1H3,(H2,45,46,50)/t30-,38+,39+,40+/m0/s1. The molecule has 268 valence electrons. The minimum Gasteiger partial charge on any atom is -0.392 e. The van der Waals surface area contributed by atoms with E-state index in [2.05, 4.69) is 85.9 Å². The Morgan fingerprint density at radius 1 is 0.731 bits per heavy atom. The molecule has 0 saturated carbocycles. The van der Waals surface area contributed by atoms with Gasteiger partial charge < -0.3 is 30.1 Å². The normalized spacial score (nSPS) is 20.7. The molecule has 4 aromatic carbocycles. The van der Waals surface area contributed by atoms with Gasteiger partial charge in [0.15, 0.2) is 6.29 Å². The number of nitrogens with zero attached hydrogens (tertiary/aromatic N) is 4. The third-order valence-electron chi connectivity index (χ3n) is 9.96. The van der Waals surface area contributed by atoms with Crippen molar-refractivity contribution in [2.75, 3.05) is 37.6 Å². The van der Waals surface area contributed by atoms with E-state index in [9.17, 15) is 9.90 Å². The Balaban J connectivity index is 1.01. The van der Waals surface area contributed by atoms with Gasteiger partial charge in [0.05, 0.1) is 18.8 Å². The Morgan fingerprint density at radius 3 is 2.12 bits per heavy atom. The van der Waals surface area contributed by atoms with Crippen LogP contribution in [0.15, 0.2) is 122 Å². The van der Waals surface area contributed by atoms with Crippen LogP contribution >= 0.6 is 0 Å². The largest absolute Gasteiger partial charge is 0.392 e. The summed E-state index contributed by atoms with van der Waals surface area (Å²) in [6.07, 6.45) is 2.80. The fourth-order valence-corrected chi connectivity index (χ4v) is 6.88. The van der Waals surface area contributed by atoms with Crippen LogP contribution in [0.1, 0.15) is 47.1 Å². The van der Waals surface area contributed by atoms with Crippen LogP contribution in [0.3, 0.4) is 0 Å². The van der Waals surface area contributed by atoms with Crippen LogP contribution in [0.25, 0.3) is 11.1 Å². The van der Waals surface area contributed by atoms with Crippen LogP contribution < -0.4 is 15.5 Å². The number of aromatic nitrogens is 2. The minimum atomic E-state index is -0.540. The SMILES string of the molecule is C[C@H]1[C@@H](CN2CCN(c3ncccn3)CC2)O[C@@H](c2ccc(-c3cccc(CNC(=O)NCc4ccccc4)c3)cc2)O[C@H]1c1ccc(CO)cc1. The zero-order chi connectivity index (χ0) is 35.7. The molecule has 2 aliphatic heterocycles. The number of benzene rings is 4. The van der Waals surface area contributed by atoms with E-state index >= 15 is 0 Å². The number of carbonyl (C=O) groups excluding carboxylic acids is 1. The first kappa shape index (κ1) is 35.3. The van der Waals surface area contributed by atoms with Crippen molar-refractivity contribution in [1.82, 2.24) is 25.5 Å². The molecule has 5 aromatic rings. The molecule has 1 aromatic heterocycles. The second-order valence-corrected chi connectivity index (χ2v) is 13.5. The Labute approximate surface area is 305 Å². The summed E-state index contributed by atoms with van der Waals surface area (Å²) in [5.74, 6) is 0.876. The number of nitrogens with one attached hydrogen (secondary N) is 2. The number of amides is 2. The Morgan fingerprint density at radius 2 is 1.40 bits per heavy atom. The van der Waals surface area contributed by atoms with Crippen molar-refractivity contribution in [2.45, 2.75) is 45.1 Å². The van der Waals surface area contributed by atoms with Gasteiger partial charge in [-0.05, 0) is 45.5 Å². The summed E-state index contributed by atoms with van der Waals surface area (Å²) in [7, 11) is 0. The molecule has 52 heavy (non-hydrogen) atoms. The second kappa shape index (κ2) is 16.9. The molecule has 2 fully saturated rings. The fourth-order valence-electron chi connectivity index (χ4n) is 6.88. The lowest BCUT2D eigenvalue weighted by Crippen LogP contribution is -2.51. The predicted octanol–water partition coefficient (Wildman–Crippen LogP) is 6.25. The van der Waals surface area contributed by atoms with Gasteiger partial charge in [-0.25, -0.2) is 14.8 Å². The van der Waals surface area contributed by atoms with Gasteiger partial charge in [0.25, 0.3) is 0 Å². The van der Waals surface area contributed by atoms with E-state index in [-0.39, 0.29) is 30.8 Å². The lowest BCUT2D eigenvalue weighted by Gasteiger charge is -2.44. The number of ether oxygens (including phenoxy) is 2. The molecule has 0 radical (unpaired) electrons. The van der Waals surface area contributed by atoms with Gasteiger partial charge in [0.1, 0.15) is 0 Å². The van der Waals surface area contributed by atoms with Crippen molar-refractivity contribution >= 4 is 12.0 Å². The average molecular weight is 699 g/mol. The summed E-state index contributed by atoms with van der Waals surface area (Å²) in [4.78, 5) is 26.0. The highest BCUT2D eigenvalue weighted by Gasteiger charge is 2.39. The van der Waals surface area contributed by atoms with Gasteiger partial charge >= 0.3 is 6.03 Å². The number of hydrogen-bond donors (Lipinski definition) is 3. The van der Waals surface area contributed by atoms with Gasteiger partial charge in [0.2, 0.25) is 5.95 Å². The fraction of sp³-hybridized carbons (Fsp3) is 0.310. The summed E-state index contributed by atoms with van der Waals surface area (Å²) < 4.78 is 13.5.